The summed E-state index contributed by atoms with van der Waals surface area (Å²) in [7, 11) is -1.74. The van der Waals surface area contributed by atoms with E-state index in [1.54, 1.807) is 0 Å². The summed E-state index contributed by atoms with van der Waals surface area (Å²) in [5.41, 5.74) is -0.640. The maximum absolute atomic E-state index is 10.3. The van der Waals surface area contributed by atoms with E-state index in [0.29, 0.717) is 19.7 Å². The van der Waals surface area contributed by atoms with Crippen LogP contribution < -0.4 is 0 Å². The molecule has 0 aliphatic carbocycles. The fourth-order valence-corrected chi connectivity index (χ4v) is 2.78. The third kappa shape index (κ3) is 3.65. The van der Waals surface area contributed by atoms with E-state index in [0.717, 1.165) is 6.54 Å². The van der Waals surface area contributed by atoms with Gasteiger partial charge in [0.2, 0.25) is 0 Å². The van der Waals surface area contributed by atoms with Gasteiger partial charge < -0.3 is 9.53 Å². The first-order valence-electron chi connectivity index (χ1n) is 6.29. The summed E-state index contributed by atoms with van der Waals surface area (Å²) in [4.78, 5) is 2.17. The van der Waals surface area contributed by atoms with Gasteiger partial charge in [0.15, 0.2) is 8.32 Å². The zero-order chi connectivity index (χ0) is 13.3. The number of rotatable bonds is 5. The second-order valence-corrected chi connectivity index (χ2v) is 11.5. The predicted molar refractivity (Wildman–Crippen MR) is 74.7 cm³/mol. The average Bonchev–Trinajstić information content (AvgIpc) is 2.11. The van der Waals surface area contributed by atoms with Crippen molar-refractivity contribution in [2.75, 3.05) is 26.2 Å². The lowest BCUT2D eigenvalue weighted by molar-refractivity contribution is -0.118. The highest BCUT2D eigenvalue weighted by atomic mass is 28.4. The van der Waals surface area contributed by atoms with Crippen LogP contribution in [0.5, 0.6) is 0 Å². The molecular weight excluding hydrogens is 230 g/mol. The first-order valence-corrected chi connectivity index (χ1v) is 9.20. The van der Waals surface area contributed by atoms with E-state index in [4.69, 9.17) is 4.43 Å². The van der Waals surface area contributed by atoms with E-state index in [1.165, 1.54) is 0 Å². The summed E-state index contributed by atoms with van der Waals surface area (Å²) < 4.78 is 6.06. The molecule has 0 unspecified atom stereocenters. The second-order valence-electron chi connectivity index (χ2n) is 6.73. The molecule has 3 nitrogen and oxygen atoms in total. The largest absolute Gasteiger partial charge is 0.414 e. The van der Waals surface area contributed by atoms with E-state index < -0.39 is 13.9 Å². The van der Waals surface area contributed by atoms with Gasteiger partial charge in [-0.15, -0.1) is 6.58 Å². The van der Waals surface area contributed by atoms with Crippen LogP contribution in [0.2, 0.25) is 18.1 Å². The summed E-state index contributed by atoms with van der Waals surface area (Å²) in [6, 6.07) is 0. The number of likely N-dealkylation sites (tertiary alicyclic amines) is 1. The average molecular weight is 257 g/mol. The van der Waals surface area contributed by atoms with Crippen molar-refractivity contribution in [1.82, 2.24) is 4.90 Å². The Morgan fingerprint density at radius 3 is 2.35 bits per heavy atom. The molecule has 1 heterocycles. The molecule has 4 heteroatoms. The van der Waals surface area contributed by atoms with Crippen LogP contribution >= 0.6 is 0 Å². The maximum atomic E-state index is 10.3. The van der Waals surface area contributed by atoms with Gasteiger partial charge in [0.05, 0.1) is 6.61 Å². The minimum Gasteiger partial charge on any atom is -0.414 e. The van der Waals surface area contributed by atoms with Gasteiger partial charge in [0.25, 0.3) is 0 Å². The van der Waals surface area contributed by atoms with Gasteiger partial charge in [-0.2, -0.15) is 0 Å². The summed E-state index contributed by atoms with van der Waals surface area (Å²) in [6.07, 6.45) is 1.87. The van der Waals surface area contributed by atoms with Gasteiger partial charge in [-0.1, -0.05) is 26.8 Å². The molecule has 100 valence electrons. The normalized spacial score (nSPS) is 21.1. The van der Waals surface area contributed by atoms with Crippen LogP contribution in [0.15, 0.2) is 12.7 Å². The first-order chi connectivity index (χ1) is 7.60. The second kappa shape index (κ2) is 4.84. The Bertz CT molecular complexity index is 278. The Hall–Kier alpha value is -0.163. The maximum Gasteiger partial charge on any atom is 0.192 e. The zero-order valence-corrected chi connectivity index (χ0v) is 12.9. The minimum atomic E-state index is -1.74. The minimum absolute atomic E-state index is 0.202. The number of β-amino-alcohol motifs (C(OH)–C–C–N with tert-alkyl or cyclic N) is 1. The number of aliphatic hydroxyl groups is 1. The SMILES string of the molecule is C=CCN1CC(O)(CO[Si](C)(C)C(C)(C)C)C1. The smallest absolute Gasteiger partial charge is 0.192 e. The van der Waals surface area contributed by atoms with Crippen molar-refractivity contribution >= 4 is 8.32 Å². The van der Waals surface area contributed by atoms with Gasteiger partial charge in [-0.25, -0.2) is 0 Å². The molecule has 0 saturated carbocycles. The Labute approximate surface area is 107 Å². The Balaban J connectivity index is 2.40. The van der Waals surface area contributed by atoms with Crippen LogP contribution in [0.25, 0.3) is 0 Å². The van der Waals surface area contributed by atoms with Crippen molar-refractivity contribution in [1.29, 1.82) is 0 Å². The molecule has 1 fully saturated rings. The van der Waals surface area contributed by atoms with Crippen molar-refractivity contribution in [2.45, 2.75) is 44.5 Å². The monoisotopic (exact) mass is 257 g/mol. The van der Waals surface area contributed by atoms with Gasteiger partial charge >= 0.3 is 0 Å². The molecule has 0 atom stereocenters. The topological polar surface area (TPSA) is 32.7 Å². The van der Waals surface area contributed by atoms with Crippen molar-refractivity contribution in [3.63, 3.8) is 0 Å². The Morgan fingerprint density at radius 1 is 1.41 bits per heavy atom. The molecule has 1 saturated heterocycles. The molecule has 0 aromatic rings. The van der Waals surface area contributed by atoms with Gasteiger partial charge in [0, 0.05) is 19.6 Å². The van der Waals surface area contributed by atoms with E-state index in [-0.39, 0.29) is 5.04 Å². The molecule has 1 aliphatic heterocycles. The lowest BCUT2D eigenvalue weighted by Crippen LogP contribution is -2.65. The number of hydrogen-bond acceptors (Lipinski definition) is 3. The summed E-state index contributed by atoms with van der Waals surface area (Å²) >= 11 is 0. The van der Waals surface area contributed by atoms with Crippen LogP contribution in [0.1, 0.15) is 20.8 Å². The molecule has 17 heavy (non-hydrogen) atoms. The van der Waals surface area contributed by atoms with E-state index >= 15 is 0 Å². The van der Waals surface area contributed by atoms with Crippen molar-refractivity contribution in [2.24, 2.45) is 0 Å². The molecule has 0 spiro atoms. The molecule has 0 aromatic carbocycles. The summed E-state index contributed by atoms with van der Waals surface area (Å²) in [5.74, 6) is 0. The predicted octanol–water partition coefficient (Wildman–Crippen LogP) is 2.24. The highest BCUT2D eigenvalue weighted by molar-refractivity contribution is 6.74. The molecule has 0 aromatic heterocycles. The summed E-state index contributed by atoms with van der Waals surface area (Å²) in [5, 5.41) is 10.5. The molecule has 1 rings (SSSR count). The fraction of sp³-hybridized carbons (Fsp3) is 0.846. The molecule has 1 N–H and O–H groups in total. The third-order valence-corrected chi connectivity index (χ3v) is 8.41. The lowest BCUT2D eigenvalue weighted by Gasteiger charge is -2.48. The van der Waals surface area contributed by atoms with E-state index in [2.05, 4.69) is 45.3 Å². The quantitative estimate of drug-likeness (QED) is 0.605. The molecule has 1 aliphatic rings. The lowest BCUT2D eigenvalue weighted by atomic mass is 9.96. The van der Waals surface area contributed by atoms with Gasteiger partial charge in [-0.05, 0) is 18.1 Å². The van der Waals surface area contributed by atoms with Gasteiger partial charge in [0.1, 0.15) is 5.60 Å². The van der Waals surface area contributed by atoms with Crippen molar-refractivity contribution in [3.05, 3.63) is 12.7 Å². The van der Waals surface area contributed by atoms with E-state index in [9.17, 15) is 5.11 Å². The van der Waals surface area contributed by atoms with Gasteiger partial charge in [-0.3, -0.25) is 4.90 Å². The standard InChI is InChI=1S/C13H27NO2Si/c1-7-8-14-9-13(15,10-14)11-16-17(5,6)12(2,3)4/h7,15H,1,8-11H2,2-6H3. The number of nitrogens with zero attached hydrogens (tertiary/aromatic N) is 1. The third-order valence-electron chi connectivity index (χ3n) is 3.93. The highest BCUT2D eigenvalue weighted by Gasteiger charge is 2.44. The molecule has 0 amide bonds. The Kier molecular flexibility index (Phi) is 4.24. The van der Waals surface area contributed by atoms with Crippen molar-refractivity contribution < 1.29 is 9.53 Å². The Morgan fingerprint density at radius 2 is 1.94 bits per heavy atom. The molecular formula is C13H27NO2Si. The van der Waals surface area contributed by atoms with Crippen LogP contribution in [0, 0.1) is 0 Å². The first kappa shape index (κ1) is 14.9. The summed E-state index contributed by atoms with van der Waals surface area (Å²) in [6.45, 7) is 17.5. The van der Waals surface area contributed by atoms with Crippen LogP contribution in [-0.2, 0) is 4.43 Å². The highest BCUT2D eigenvalue weighted by Crippen LogP contribution is 2.37. The molecule has 0 radical (unpaired) electrons. The van der Waals surface area contributed by atoms with Crippen LogP contribution in [0.4, 0.5) is 0 Å². The van der Waals surface area contributed by atoms with Crippen LogP contribution in [0.3, 0.4) is 0 Å². The molecule has 0 bridgehead atoms. The van der Waals surface area contributed by atoms with Crippen LogP contribution in [-0.4, -0.2) is 50.2 Å². The fourth-order valence-electron chi connectivity index (χ4n) is 1.72. The van der Waals surface area contributed by atoms with E-state index in [1.807, 2.05) is 6.08 Å². The zero-order valence-electron chi connectivity index (χ0n) is 11.9. The van der Waals surface area contributed by atoms with Crippen molar-refractivity contribution in [3.8, 4) is 0 Å². The number of hydrogen-bond donors (Lipinski definition) is 1.